The Morgan fingerprint density at radius 1 is 1.39 bits per heavy atom. The predicted molar refractivity (Wildman–Crippen MR) is 85.6 cm³/mol. The molecule has 1 aliphatic heterocycles. The van der Waals surface area contributed by atoms with E-state index in [1.165, 1.54) is 10.6 Å². The minimum Gasteiger partial charge on any atom is -0.378 e. The van der Waals surface area contributed by atoms with Crippen LogP contribution in [0.2, 0.25) is 0 Å². The van der Waals surface area contributed by atoms with Gasteiger partial charge in [0.05, 0.1) is 23.8 Å². The zero-order valence-electron chi connectivity index (χ0n) is 12.3. The lowest BCUT2D eigenvalue weighted by Gasteiger charge is -2.29. The maximum Gasteiger partial charge on any atom is 0.328 e. The van der Waals surface area contributed by atoms with Crippen molar-refractivity contribution < 1.29 is 14.1 Å². The van der Waals surface area contributed by atoms with Gasteiger partial charge in [-0.15, -0.1) is 0 Å². The Bertz CT molecular complexity index is 759. The first-order chi connectivity index (χ1) is 11.0. The van der Waals surface area contributed by atoms with Gasteiger partial charge in [-0.1, -0.05) is 0 Å². The van der Waals surface area contributed by atoms with E-state index in [-0.39, 0.29) is 5.69 Å². The molecule has 1 aliphatic rings. The van der Waals surface area contributed by atoms with Gasteiger partial charge in [-0.2, -0.15) is 4.39 Å². The number of morpholine rings is 1. The average molecular weight is 385 g/mol. The normalized spacial score (nSPS) is 15.0. The molecular weight excluding hydrogens is 371 g/mol. The first kappa shape index (κ1) is 15.9. The molecule has 0 radical (unpaired) electrons. The van der Waals surface area contributed by atoms with Gasteiger partial charge in [0, 0.05) is 31.0 Å². The molecule has 0 spiro atoms. The summed E-state index contributed by atoms with van der Waals surface area (Å²) >= 11 is 3.26. The maximum absolute atomic E-state index is 14.4. The SMILES string of the molecule is Cc1cn(-c2cc(N3CCOCC3)cc(F)c2[N+](=O)[O-])c(Br)n1. The van der Waals surface area contributed by atoms with Crippen molar-refractivity contribution in [1.29, 1.82) is 0 Å². The fraction of sp³-hybridized carbons (Fsp3) is 0.357. The third-order valence-corrected chi connectivity index (χ3v) is 4.19. The summed E-state index contributed by atoms with van der Waals surface area (Å²) in [5.41, 5.74) is 0.831. The standard InChI is InChI=1S/C14H14BrFN4O3/c1-9-8-19(14(15)17-9)12-7-10(18-2-4-23-5-3-18)6-11(16)13(12)20(21)22/h6-8H,2-5H2,1H3. The molecule has 3 rings (SSSR count). The van der Waals surface area contributed by atoms with Crippen LogP contribution in [-0.4, -0.2) is 40.8 Å². The second-order valence-corrected chi connectivity index (χ2v) is 5.88. The summed E-state index contributed by atoms with van der Waals surface area (Å²) in [6.45, 7) is 4.07. The number of imidazole rings is 1. The van der Waals surface area contributed by atoms with E-state index in [1.54, 1.807) is 19.2 Å². The Labute approximate surface area is 140 Å². The van der Waals surface area contributed by atoms with Crippen LogP contribution in [0.1, 0.15) is 5.69 Å². The lowest BCUT2D eigenvalue weighted by Crippen LogP contribution is -2.36. The lowest BCUT2D eigenvalue weighted by molar-refractivity contribution is -0.387. The number of nitro groups is 1. The smallest absolute Gasteiger partial charge is 0.328 e. The fourth-order valence-corrected chi connectivity index (χ4v) is 3.15. The zero-order chi connectivity index (χ0) is 16.6. The van der Waals surface area contributed by atoms with E-state index in [0.717, 1.165) is 0 Å². The second kappa shape index (κ2) is 6.25. The van der Waals surface area contributed by atoms with Gasteiger partial charge in [0.25, 0.3) is 0 Å². The van der Waals surface area contributed by atoms with E-state index in [4.69, 9.17) is 4.74 Å². The highest BCUT2D eigenvalue weighted by Crippen LogP contribution is 2.33. The van der Waals surface area contributed by atoms with Crippen LogP contribution < -0.4 is 4.90 Å². The van der Waals surface area contributed by atoms with Gasteiger partial charge < -0.3 is 9.64 Å². The number of ether oxygens (including phenoxy) is 1. The quantitative estimate of drug-likeness (QED) is 0.600. The van der Waals surface area contributed by atoms with Crippen molar-refractivity contribution in [3.63, 3.8) is 0 Å². The van der Waals surface area contributed by atoms with Gasteiger partial charge >= 0.3 is 5.69 Å². The number of aromatic nitrogens is 2. The molecule has 0 saturated carbocycles. The topological polar surface area (TPSA) is 73.4 Å². The van der Waals surface area contributed by atoms with Crippen LogP contribution in [0.3, 0.4) is 0 Å². The number of aryl methyl sites for hydroxylation is 1. The number of nitrogens with zero attached hydrogens (tertiary/aromatic N) is 4. The molecule has 23 heavy (non-hydrogen) atoms. The Balaban J connectivity index is 2.16. The number of benzene rings is 1. The number of hydrogen-bond donors (Lipinski definition) is 0. The molecule has 1 saturated heterocycles. The summed E-state index contributed by atoms with van der Waals surface area (Å²) in [6.07, 6.45) is 1.62. The Morgan fingerprint density at radius 2 is 2.09 bits per heavy atom. The van der Waals surface area contributed by atoms with Crippen molar-refractivity contribution in [1.82, 2.24) is 9.55 Å². The Kier molecular flexibility index (Phi) is 4.31. The summed E-state index contributed by atoms with van der Waals surface area (Å²) in [6, 6.07) is 2.81. The number of halogens is 2. The van der Waals surface area contributed by atoms with E-state index in [9.17, 15) is 14.5 Å². The van der Waals surface area contributed by atoms with Gasteiger partial charge in [0.1, 0.15) is 5.69 Å². The van der Waals surface area contributed by atoms with Gasteiger partial charge in [-0.05, 0) is 28.9 Å². The van der Waals surface area contributed by atoms with E-state index in [1.807, 2.05) is 4.90 Å². The van der Waals surface area contributed by atoms with Gasteiger partial charge in [-0.3, -0.25) is 14.7 Å². The number of nitro benzene ring substituents is 1. The molecule has 7 nitrogen and oxygen atoms in total. The predicted octanol–water partition coefficient (Wildman–Crippen LogP) is 2.83. The van der Waals surface area contributed by atoms with Crippen LogP contribution in [0.15, 0.2) is 23.1 Å². The van der Waals surface area contributed by atoms with Crippen LogP contribution in [0.5, 0.6) is 0 Å². The van der Waals surface area contributed by atoms with Crippen molar-refractivity contribution in [2.45, 2.75) is 6.92 Å². The Hall–Kier alpha value is -2.00. The molecule has 1 aromatic carbocycles. The minimum atomic E-state index is -0.868. The highest BCUT2D eigenvalue weighted by molar-refractivity contribution is 9.10. The molecule has 2 heterocycles. The minimum absolute atomic E-state index is 0.143. The van der Waals surface area contributed by atoms with Crippen molar-refractivity contribution in [2.24, 2.45) is 0 Å². The number of hydrogen-bond acceptors (Lipinski definition) is 5. The van der Waals surface area contributed by atoms with Crippen molar-refractivity contribution >= 4 is 27.3 Å². The molecule has 0 aliphatic carbocycles. The highest BCUT2D eigenvalue weighted by Gasteiger charge is 2.26. The molecule has 0 amide bonds. The summed E-state index contributed by atoms with van der Waals surface area (Å²) in [7, 11) is 0. The second-order valence-electron chi connectivity index (χ2n) is 5.17. The molecule has 9 heteroatoms. The lowest BCUT2D eigenvalue weighted by atomic mass is 10.2. The molecular formula is C14H14BrFN4O3. The number of rotatable bonds is 3. The molecule has 122 valence electrons. The number of anilines is 1. The van der Waals surface area contributed by atoms with Gasteiger partial charge in [0.15, 0.2) is 4.73 Å². The van der Waals surface area contributed by atoms with Crippen LogP contribution in [0.4, 0.5) is 15.8 Å². The molecule has 0 atom stereocenters. The fourth-order valence-electron chi connectivity index (χ4n) is 2.58. The molecule has 0 N–H and O–H groups in total. The van der Waals surface area contributed by atoms with Crippen LogP contribution in [0, 0.1) is 22.9 Å². The summed E-state index contributed by atoms with van der Waals surface area (Å²) < 4.78 is 21.5. The third kappa shape index (κ3) is 3.06. The van der Waals surface area contributed by atoms with E-state index in [0.29, 0.717) is 42.4 Å². The van der Waals surface area contributed by atoms with E-state index >= 15 is 0 Å². The van der Waals surface area contributed by atoms with Crippen molar-refractivity contribution in [3.8, 4) is 5.69 Å². The Morgan fingerprint density at radius 3 is 2.65 bits per heavy atom. The molecule has 0 unspecified atom stereocenters. The summed E-state index contributed by atoms with van der Waals surface area (Å²) in [5.74, 6) is -0.868. The summed E-state index contributed by atoms with van der Waals surface area (Å²) in [5, 5.41) is 11.3. The largest absolute Gasteiger partial charge is 0.378 e. The molecule has 2 aromatic rings. The third-order valence-electron chi connectivity index (χ3n) is 3.63. The zero-order valence-corrected chi connectivity index (χ0v) is 13.9. The van der Waals surface area contributed by atoms with Gasteiger partial charge in [0.2, 0.25) is 5.82 Å². The van der Waals surface area contributed by atoms with Crippen LogP contribution >= 0.6 is 15.9 Å². The first-order valence-electron chi connectivity index (χ1n) is 7.00. The van der Waals surface area contributed by atoms with Gasteiger partial charge in [-0.25, -0.2) is 4.98 Å². The first-order valence-corrected chi connectivity index (χ1v) is 7.79. The molecule has 0 bridgehead atoms. The average Bonchev–Trinajstić information content (AvgIpc) is 2.85. The van der Waals surface area contributed by atoms with Crippen LogP contribution in [0.25, 0.3) is 5.69 Å². The maximum atomic E-state index is 14.4. The molecule has 1 aromatic heterocycles. The van der Waals surface area contributed by atoms with Crippen LogP contribution in [-0.2, 0) is 4.74 Å². The monoisotopic (exact) mass is 384 g/mol. The van der Waals surface area contributed by atoms with E-state index in [2.05, 4.69) is 20.9 Å². The molecule has 1 fully saturated rings. The van der Waals surface area contributed by atoms with E-state index < -0.39 is 16.4 Å². The van der Waals surface area contributed by atoms with Crippen molar-refractivity contribution in [3.05, 3.63) is 44.7 Å². The highest BCUT2D eigenvalue weighted by atomic mass is 79.9. The van der Waals surface area contributed by atoms with Crippen molar-refractivity contribution in [2.75, 3.05) is 31.2 Å². The summed E-state index contributed by atoms with van der Waals surface area (Å²) in [4.78, 5) is 16.7.